The molecule has 1 atom stereocenters. The fraction of sp³-hybridized carbons (Fsp3) is 0.500. The second-order valence-electron chi connectivity index (χ2n) is 4.37. The van der Waals surface area contributed by atoms with Crippen LogP contribution in [0.1, 0.15) is 12.0 Å². The Kier molecular flexibility index (Phi) is 4.52. The fourth-order valence-corrected chi connectivity index (χ4v) is 2.27. The van der Waals surface area contributed by atoms with Crippen molar-refractivity contribution in [1.29, 1.82) is 0 Å². The molecule has 0 amide bonds. The highest BCUT2D eigenvalue weighted by molar-refractivity contribution is 6.31. The lowest BCUT2D eigenvalue weighted by atomic mass is 10.1. The van der Waals surface area contributed by atoms with Gasteiger partial charge in [-0.05, 0) is 24.9 Å². The molecule has 1 unspecified atom stereocenters. The van der Waals surface area contributed by atoms with E-state index in [1.165, 1.54) is 6.07 Å². The predicted molar refractivity (Wildman–Crippen MR) is 68.7 cm³/mol. The summed E-state index contributed by atoms with van der Waals surface area (Å²) in [5, 5.41) is 14.5. The van der Waals surface area contributed by atoms with Gasteiger partial charge in [-0.1, -0.05) is 17.7 Å². The van der Waals surface area contributed by atoms with Gasteiger partial charge in [0.15, 0.2) is 0 Å². The van der Waals surface area contributed by atoms with Crippen LogP contribution in [0.5, 0.6) is 0 Å². The van der Waals surface area contributed by atoms with Crippen molar-refractivity contribution in [3.63, 3.8) is 0 Å². The molecule has 1 fully saturated rings. The van der Waals surface area contributed by atoms with Crippen molar-refractivity contribution in [2.24, 2.45) is 5.92 Å². The number of halogens is 1. The lowest BCUT2D eigenvalue weighted by molar-refractivity contribution is -0.385. The van der Waals surface area contributed by atoms with E-state index >= 15 is 0 Å². The summed E-state index contributed by atoms with van der Waals surface area (Å²) in [7, 11) is 0. The van der Waals surface area contributed by atoms with Crippen molar-refractivity contribution >= 4 is 17.3 Å². The van der Waals surface area contributed by atoms with Crippen molar-refractivity contribution < 1.29 is 9.66 Å². The number of nitrogens with one attached hydrogen (secondary N) is 1. The Morgan fingerprint density at radius 1 is 1.56 bits per heavy atom. The lowest BCUT2D eigenvalue weighted by Gasteiger charge is -2.10. The topological polar surface area (TPSA) is 64.4 Å². The molecule has 1 aliphatic rings. The standard InChI is InChI=1S/C12H15ClN2O3/c13-11-2-1-3-12(15(16)17)10(11)8-18-7-9-4-5-14-6-9/h1-3,9,14H,4-8H2. The quantitative estimate of drug-likeness (QED) is 0.659. The van der Waals surface area contributed by atoms with Crippen molar-refractivity contribution in [3.8, 4) is 0 Å². The third-order valence-electron chi connectivity index (χ3n) is 3.05. The number of nitrogens with zero attached hydrogens (tertiary/aromatic N) is 1. The number of hydrogen-bond acceptors (Lipinski definition) is 4. The number of ether oxygens (including phenoxy) is 1. The Morgan fingerprint density at radius 3 is 3.06 bits per heavy atom. The molecule has 1 aromatic rings. The van der Waals surface area contributed by atoms with Gasteiger partial charge in [0, 0.05) is 12.6 Å². The largest absolute Gasteiger partial charge is 0.376 e. The molecule has 1 aliphatic heterocycles. The molecule has 0 bridgehead atoms. The van der Waals surface area contributed by atoms with Crippen molar-refractivity contribution in [2.45, 2.75) is 13.0 Å². The van der Waals surface area contributed by atoms with Crippen LogP contribution in [0, 0.1) is 16.0 Å². The van der Waals surface area contributed by atoms with Gasteiger partial charge in [-0.25, -0.2) is 0 Å². The van der Waals surface area contributed by atoms with Gasteiger partial charge in [-0.2, -0.15) is 0 Å². The van der Waals surface area contributed by atoms with Gasteiger partial charge in [-0.3, -0.25) is 10.1 Å². The normalized spacial score (nSPS) is 19.1. The molecular formula is C12H15ClN2O3. The molecule has 0 aromatic heterocycles. The van der Waals surface area contributed by atoms with Crippen LogP contribution in [0.2, 0.25) is 5.02 Å². The van der Waals surface area contributed by atoms with Crippen LogP contribution >= 0.6 is 11.6 Å². The zero-order valence-corrected chi connectivity index (χ0v) is 10.7. The third kappa shape index (κ3) is 3.19. The first-order chi connectivity index (χ1) is 8.68. The first kappa shape index (κ1) is 13.3. The first-order valence-electron chi connectivity index (χ1n) is 5.88. The van der Waals surface area contributed by atoms with Crippen LogP contribution in [0.15, 0.2) is 18.2 Å². The van der Waals surface area contributed by atoms with Crippen molar-refractivity contribution in [3.05, 3.63) is 38.9 Å². The van der Waals surface area contributed by atoms with Crippen LogP contribution in [0.3, 0.4) is 0 Å². The molecule has 6 heteroatoms. The fourth-order valence-electron chi connectivity index (χ4n) is 2.05. The van der Waals surface area contributed by atoms with E-state index in [0.717, 1.165) is 19.5 Å². The Hall–Kier alpha value is -1.17. The summed E-state index contributed by atoms with van der Waals surface area (Å²) in [5.41, 5.74) is 0.474. The van der Waals surface area contributed by atoms with Crippen LogP contribution in [0.25, 0.3) is 0 Å². The van der Waals surface area contributed by atoms with E-state index in [0.29, 0.717) is 23.1 Å². The molecule has 0 spiro atoms. The molecule has 0 aliphatic carbocycles. The Bertz CT molecular complexity index is 433. The van der Waals surface area contributed by atoms with Gasteiger partial charge in [0.1, 0.15) is 0 Å². The highest BCUT2D eigenvalue weighted by atomic mass is 35.5. The van der Waals surface area contributed by atoms with Gasteiger partial charge in [-0.15, -0.1) is 0 Å². The molecule has 0 saturated carbocycles. The van der Waals surface area contributed by atoms with E-state index in [2.05, 4.69) is 5.32 Å². The number of benzene rings is 1. The molecule has 2 rings (SSSR count). The van der Waals surface area contributed by atoms with Gasteiger partial charge in [0.2, 0.25) is 0 Å². The molecular weight excluding hydrogens is 256 g/mol. The maximum absolute atomic E-state index is 10.9. The van der Waals surface area contributed by atoms with Gasteiger partial charge in [0.25, 0.3) is 5.69 Å². The van der Waals surface area contributed by atoms with Crippen molar-refractivity contribution in [2.75, 3.05) is 19.7 Å². The summed E-state index contributed by atoms with van der Waals surface area (Å²) < 4.78 is 5.55. The zero-order valence-electron chi connectivity index (χ0n) is 9.89. The molecule has 98 valence electrons. The Balaban J connectivity index is 1.97. The van der Waals surface area contributed by atoms with Gasteiger partial charge >= 0.3 is 0 Å². The van der Waals surface area contributed by atoms with Crippen molar-refractivity contribution in [1.82, 2.24) is 5.32 Å². The summed E-state index contributed by atoms with van der Waals surface area (Å²) in [6.07, 6.45) is 1.09. The highest BCUT2D eigenvalue weighted by Gasteiger charge is 2.18. The van der Waals surface area contributed by atoms with E-state index in [1.54, 1.807) is 12.1 Å². The second kappa shape index (κ2) is 6.13. The van der Waals surface area contributed by atoms with E-state index in [4.69, 9.17) is 16.3 Å². The number of rotatable bonds is 5. The van der Waals surface area contributed by atoms with E-state index < -0.39 is 4.92 Å². The summed E-state index contributed by atoms with van der Waals surface area (Å²) in [4.78, 5) is 10.4. The molecule has 1 aromatic carbocycles. The SMILES string of the molecule is O=[N+]([O-])c1cccc(Cl)c1COCC1CCNC1. The predicted octanol–water partition coefficient (Wildman–Crippen LogP) is 2.37. The Morgan fingerprint density at radius 2 is 2.39 bits per heavy atom. The average Bonchev–Trinajstić information content (AvgIpc) is 2.84. The van der Waals surface area contributed by atoms with Gasteiger partial charge < -0.3 is 10.1 Å². The van der Waals surface area contributed by atoms with E-state index in [1.807, 2.05) is 0 Å². The second-order valence-corrected chi connectivity index (χ2v) is 4.78. The highest BCUT2D eigenvalue weighted by Crippen LogP contribution is 2.27. The van der Waals surface area contributed by atoms with Crippen LogP contribution in [-0.2, 0) is 11.3 Å². The number of hydrogen-bond donors (Lipinski definition) is 1. The summed E-state index contributed by atoms with van der Waals surface area (Å²) in [6.45, 7) is 2.76. The summed E-state index contributed by atoms with van der Waals surface area (Å²) in [6, 6.07) is 4.66. The minimum Gasteiger partial charge on any atom is -0.376 e. The molecule has 1 N–H and O–H groups in total. The Labute approximate surface area is 110 Å². The molecule has 0 radical (unpaired) electrons. The average molecular weight is 271 g/mol. The zero-order chi connectivity index (χ0) is 13.0. The van der Waals surface area contributed by atoms with Crippen LogP contribution in [-0.4, -0.2) is 24.6 Å². The maximum atomic E-state index is 10.9. The third-order valence-corrected chi connectivity index (χ3v) is 3.41. The summed E-state index contributed by atoms with van der Waals surface area (Å²) >= 11 is 5.97. The first-order valence-corrected chi connectivity index (χ1v) is 6.26. The number of nitro benzene ring substituents is 1. The molecule has 18 heavy (non-hydrogen) atoms. The monoisotopic (exact) mass is 270 g/mol. The van der Waals surface area contributed by atoms with Gasteiger partial charge in [0.05, 0.1) is 28.7 Å². The minimum atomic E-state index is -0.429. The maximum Gasteiger partial charge on any atom is 0.276 e. The van der Waals surface area contributed by atoms with E-state index in [9.17, 15) is 10.1 Å². The van der Waals surface area contributed by atoms with E-state index in [-0.39, 0.29) is 12.3 Å². The minimum absolute atomic E-state index is 0.0204. The molecule has 5 nitrogen and oxygen atoms in total. The molecule has 1 heterocycles. The smallest absolute Gasteiger partial charge is 0.276 e. The number of nitro groups is 1. The lowest BCUT2D eigenvalue weighted by Crippen LogP contribution is -2.14. The molecule has 1 saturated heterocycles. The van der Waals surface area contributed by atoms with Crippen LogP contribution < -0.4 is 5.32 Å². The van der Waals surface area contributed by atoms with Crippen LogP contribution in [0.4, 0.5) is 5.69 Å². The summed E-state index contributed by atoms with van der Waals surface area (Å²) in [5.74, 6) is 0.492.